The van der Waals surface area contributed by atoms with Gasteiger partial charge in [-0.3, -0.25) is 4.79 Å². The number of fused-ring (bicyclic) bond motifs is 1. The van der Waals surface area contributed by atoms with Crippen LogP contribution in [-0.4, -0.2) is 36.0 Å². The summed E-state index contributed by atoms with van der Waals surface area (Å²) in [5, 5.41) is 2.58. The maximum Gasteiger partial charge on any atom is 0.338 e. The monoisotopic (exact) mass is 368 g/mol. The van der Waals surface area contributed by atoms with Crippen LogP contribution in [0.3, 0.4) is 0 Å². The number of esters is 2. The SMILES string of the molecule is CCOC(=O)c1ccc(NC(=O)COC(=O)c2ccc3ncoc3c2)cc1. The van der Waals surface area contributed by atoms with Gasteiger partial charge in [0, 0.05) is 5.69 Å². The van der Waals surface area contributed by atoms with Gasteiger partial charge in [-0.25, -0.2) is 14.6 Å². The summed E-state index contributed by atoms with van der Waals surface area (Å²) in [6.45, 7) is 1.55. The van der Waals surface area contributed by atoms with E-state index in [2.05, 4.69) is 10.3 Å². The molecule has 0 radical (unpaired) electrons. The molecular formula is C19H16N2O6. The van der Waals surface area contributed by atoms with Crippen LogP contribution in [0.5, 0.6) is 0 Å². The molecule has 0 spiro atoms. The lowest BCUT2D eigenvalue weighted by atomic mass is 10.2. The molecule has 1 N–H and O–H groups in total. The van der Waals surface area contributed by atoms with Gasteiger partial charge in [-0.15, -0.1) is 0 Å². The predicted molar refractivity (Wildman–Crippen MR) is 95.3 cm³/mol. The van der Waals surface area contributed by atoms with Gasteiger partial charge in [0.15, 0.2) is 18.6 Å². The van der Waals surface area contributed by atoms with Gasteiger partial charge in [0.25, 0.3) is 5.91 Å². The topological polar surface area (TPSA) is 108 Å². The number of carbonyl (C=O) groups is 3. The zero-order valence-corrected chi connectivity index (χ0v) is 14.4. The Labute approximate surface area is 154 Å². The van der Waals surface area contributed by atoms with Crippen LogP contribution in [0.15, 0.2) is 53.3 Å². The van der Waals surface area contributed by atoms with Crippen LogP contribution in [0.25, 0.3) is 11.1 Å². The van der Waals surface area contributed by atoms with Crippen molar-refractivity contribution in [3.63, 3.8) is 0 Å². The Morgan fingerprint density at radius 1 is 1.00 bits per heavy atom. The van der Waals surface area contributed by atoms with Crippen LogP contribution in [-0.2, 0) is 14.3 Å². The lowest BCUT2D eigenvalue weighted by molar-refractivity contribution is -0.119. The summed E-state index contributed by atoms with van der Waals surface area (Å²) in [6, 6.07) is 10.8. The van der Waals surface area contributed by atoms with E-state index in [9.17, 15) is 14.4 Å². The van der Waals surface area contributed by atoms with E-state index in [4.69, 9.17) is 13.9 Å². The normalized spacial score (nSPS) is 10.4. The molecule has 0 unspecified atom stereocenters. The standard InChI is InChI=1S/C19H16N2O6/c1-2-25-18(23)12-3-6-14(7-4-12)21-17(22)10-26-19(24)13-5-8-15-16(9-13)27-11-20-15/h3-9,11H,2,10H2,1H3,(H,21,22). The van der Waals surface area contributed by atoms with Crippen LogP contribution < -0.4 is 5.32 Å². The largest absolute Gasteiger partial charge is 0.462 e. The predicted octanol–water partition coefficient (Wildman–Crippen LogP) is 2.80. The molecule has 3 aromatic rings. The van der Waals surface area contributed by atoms with Gasteiger partial charge in [0.05, 0.1) is 17.7 Å². The molecule has 0 saturated carbocycles. The van der Waals surface area contributed by atoms with Crippen molar-refractivity contribution in [3.8, 4) is 0 Å². The molecule has 1 amide bonds. The number of anilines is 1. The van der Waals surface area contributed by atoms with E-state index >= 15 is 0 Å². The summed E-state index contributed by atoms with van der Waals surface area (Å²) in [6.07, 6.45) is 1.28. The third-order valence-corrected chi connectivity index (χ3v) is 3.58. The molecule has 0 saturated heterocycles. The Bertz CT molecular complexity index is 977. The van der Waals surface area contributed by atoms with Crippen LogP contribution in [0.2, 0.25) is 0 Å². The second-order valence-electron chi connectivity index (χ2n) is 5.46. The molecule has 0 aliphatic heterocycles. The number of ether oxygens (including phenoxy) is 2. The van der Waals surface area contributed by atoms with E-state index in [0.29, 0.717) is 22.4 Å². The van der Waals surface area contributed by atoms with Gasteiger partial charge in [0.2, 0.25) is 0 Å². The number of hydrogen-bond donors (Lipinski definition) is 1. The molecule has 1 heterocycles. The number of aromatic nitrogens is 1. The Balaban J connectivity index is 1.53. The molecule has 0 atom stereocenters. The number of nitrogens with one attached hydrogen (secondary N) is 1. The fraction of sp³-hybridized carbons (Fsp3) is 0.158. The zero-order valence-electron chi connectivity index (χ0n) is 14.4. The molecule has 8 nitrogen and oxygen atoms in total. The van der Waals surface area contributed by atoms with Crippen molar-refractivity contribution in [3.05, 3.63) is 60.0 Å². The Hall–Kier alpha value is -3.68. The smallest absolute Gasteiger partial charge is 0.338 e. The van der Waals surface area contributed by atoms with E-state index in [-0.39, 0.29) is 12.2 Å². The fourth-order valence-electron chi connectivity index (χ4n) is 2.30. The van der Waals surface area contributed by atoms with Crippen molar-refractivity contribution >= 4 is 34.6 Å². The summed E-state index contributed by atoms with van der Waals surface area (Å²) < 4.78 is 15.0. The van der Waals surface area contributed by atoms with Crippen LogP contribution >= 0.6 is 0 Å². The van der Waals surface area contributed by atoms with Crippen molar-refractivity contribution in [1.29, 1.82) is 0 Å². The van der Waals surface area contributed by atoms with Gasteiger partial charge in [-0.2, -0.15) is 0 Å². The van der Waals surface area contributed by atoms with E-state index in [0.717, 1.165) is 0 Å². The van der Waals surface area contributed by atoms with E-state index < -0.39 is 24.5 Å². The highest BCUT2D eigenvalue weighted by Crippen LogP contribution is 2.15. The third-order valence-electron chi connectivity index (χ3n) is 3.58. The van der Waals surface area contributed by atoms with Crippen molar-refractivity contribution in [2.24, 2.45) is 0 Å². The van der Waals surface area contributed by atoms with Crippen molar-refractivity contribution in [2.75, 3.05) is 18.5 Å². The number of hydrogen-bond acceptors (Lipinski definition) is 7. The average molecular weight is 368 g/mol. The molecule has 2 aromatic carbocycles. The summed E-state index contributed by atoms with van der Waals surface area (Å²) in [5.41, 5.74) is 2.17. The summed E-state index contributed by atoms with van der Waals surface area (Å²) >= 11 is 0. The molecular weight excluding hydrogens is 352 g/mol. The summed E-state index contributed by atoms with van der Waals surface area (Å²) in [4.78, 5) is 39.5. The van der Waals surface area contributed by atoms with Gasteiger partial charge in [-0.1, -0.05) is 0 Å². The fourth-order valence-corrected chi connectivity index (χ4v) is 2.30. The zero-order chi connectivity index (χ0) is 19.2. The van der Waals surface area contributed by atoms with Crippen molar-refractivity contribution < 1.29 is 28.3 Å². The van der Waals surface area contributed by atoms with Gasteiger partial charge < -0.3 is 19.2 Å². The van der Waals surface area contributed by atoms with E-state index in [1.165, 1.54) is 24.6 Å². The van der Waals surface area contributed by atoms with Crippen LogP contribution in [0, 0.1) is 0 Å². The number of amides is 1. The van der Waals surface area contributed by atoms with Gasteiger partial charge >= 0.3 is 11.9 Å². The Morgan fingerprint density at radius 2 is 1.70 bits per heavy atom. The van der Waals surface area contributed by atoms with E-state index in [1.54, 1.807) is 31.2 Å². The Kier molecular flexibility index (Phi) is 5.46. The first kappa shape index (κ1) is 18.1. The number of oxazole rings is 1. The molecule has 8 heteroatoms. The van der Waals surface area contributed by atoms with E-state index in [1.807, 2.05) is 0 Å². The number of carbonyl (C=O) groups excluding carboxylic acids is 3. The maximum absolute atomic E-state index is 12.0. The second-order valence-corrected chi connectivity index (χ2v) is 5.46. The van der Waals surface area contributed by atoms with Crippen molar-refractivity contribution in [2.45, 2.75) is 6.92 Å². The minimum absolute atomic E-state index is 0.255. The Morgan fingerprint density at radius 3 is 2.44 bits per heavy atom. The van der Waals surface area contributed by atoms with Crippen molar-refractivity contribution in [1.82, 2.24) is 4.98 Å². The summed E-state index contributed by atoms with van der Waals surface area (Å²) in [7, 11) is 0. The molecule has 0 aliphatic rings. The highest BCUT2D eigenvalue weighted by Gasteiger charge is 2.13. The first-order valence-corrected chi connectivity index (χ1v) is 8.14. The average Bonchev–Trinajstić information content (AvgIpc) is 3.14. The minimum Gasteiger partial charge on any atom is -0.462 e. The van der Waals surface area contributed by atoms with Crippen LogP contribution in [0.4, 0.5) is 5.69 Å². The second kappa shape index (κ2) is 8.13. The molecule has 138 valence electrons. The first-order chi connectivity index (χ1) is 13.1. The minimum atomic E-state index is -0.652. The van der Waals surface area contributed by atoms with Gasteiger partial charge in [0.1, 0.15) is 5.52 Å². The molecule has 27 heavy (non-hydrogen) atoms. The summed E-state index contributed by atoms with van der Waals surface area (Å²) in [5.74, 6) is -1.60. The quantitative estimate of drug-likeness (QED) is 0.667. The number of rotatable bonds is 6. The van der Waals surface area contributed by atoms with Crippen LogP contribution in [0.1, 0.15) is 27.6 Å². The molecule has 0 fully saturated rings. The first-order valence-electron chi connectivity index (χ1n) is 8.14. The lowest BCUT2D eigenvalue weighted by Crippen LogP contribution is -2.21. The molecule has 0 aliphatic carbocycles. The third kappa shape index (κ3) is 4.49. The lowest BCUT2D eigenvalue weighted by Gasteiger charge is -2.07. The highest BCUT2D eigenvalue weighted by molar-refractivity contribution is 5.97. The van der Waals surface area contributed by atoms with Gasteiger partial charge in [-0.05, 0) is 49.4 Å². The molecule has 3 rings (SSSR count). The number of benzene rings is 2. The highest BCUT2D eigenvalue weighted by atomic mass is 16.5. The molecule has 0 bridgehead atoms. The number of nitrogens with zero attached hydrogens (tertiary/aromatic N) is 1. The molecule has 1 aromatic heterocycles. The maximum atomic E-state index is 12.0.